The second-order valence-corrected chi connectivity index (χ2v) is 4.92. The van der Waals surface area contributed by atoms with E-state index >= 15 is 0 Å². The van der Waals surface area contributed by atoms with Gasteiger partial charge in [-0.25, -0.2) is 0 Å². The molecule has 0 fully saturated rings. The Hall–Kier alpha value is -1.96. The molecule has 0 amide bonds. The van der Waals surface area contributed by atoms with Gasteiger partial charge in [0.05, 0.1) is 12.3 Å². The summed E-state index contributed by atoms with van der Waals surface area (Å²) in [6.07, 6.45) is 1.08. The second kappa shape index (κ2) is 5.35. The Morgan fingerprint density at radius 2 is 1.95 bits per heavy atom. The topological polar surface area (TPSA) is 21.3 Å². The molecule has 1 unspecified atom stereocenters. The van der Waals surface area contributed by atoms with Crippen molar-refractivity contribution in [2.24, 2.45) is 0 Å². The zero-order valence-corrected chi connectivity index (χ0v) is 11.2. The minimum atomic E-state index is 0.547. The normalized spacial score (nSPS) is 17.4. The van der Waals surface area contributed by atoms with Crippen LogP contribution in [0.1, 0.15) is 24.0 Å². The van der Waals surface area contributed by atoms with Gasteiger partial charge in [0.2, 0.25) is 0 Å². The maximum Gasteiger partial charge on any atom is 0.142 e. The first-order chi connectivity index (χ1) is 9.38. The van der Waals surface area contributed by atoms with Crippen molar-refractivity contribution in [1.29, 1.82) is 0 Å². The number of para-hydroxylation sites is 1. The highest BCUT2D eigenvalue weighted by Crippen LogP contribution is 2.36. The molecule has 1 aliphatic heterocycles. The summed E-state index contributed by atoms with van der Waals surface area (Å²) < 4.78 is 5.68. The highest BCUT2D eigenvalue weighted by atomic mass is 16.5. The van der Waals surface area contributed by atoms with E-state index in [0.29, 0.717) is 12.5 Å². The summed E-state index contributed by atoms with van der Waals surface area (Å²) in [4.78, 5) is 0. The molecule has 0 saturated carbocycles. The van der Waals surface area contributed by atoms with Gasteiger partial charge in [0, 0.05) is 12.5 Å². The summed E-state index contributed by atoms with van der Waals surface area (Å²) in [5, 5.41) is 3.54. The van der Waals surface area contributed by atoms with E-state index < -0.39 is 0 Å². The number of nitrogens with one attached hydrogen (secondary N) is 1. The SMILES string of the molecule is CCOc1cccc2c1NCC(c1ccccc1)C2. The van der Waals surface area contributed by atoms with Crippen LogP contribution in [0.3, 0.4) is 0 Å². The van der Waals surface area contributed by atoms with E-state index in [4.69, 9.17) is 4.74 Å². The molecule has 98 valence electrons. The smallest absolute Gasteiger partial charge is 0.142 e. The number of anilines is 1. The molecule has 19 heavy (non-hydrogen) atoms. The molecule has 0 radical (unpaired) electrons. The van der Waals surface area contributed by atoms with Crippen LogP contribution >= 0.6 is 0 Å². The van der Waals surface area contributed by atoms with Gasteiger partial charge in [-0.2, -0.15) is 0 Å². The zero-order chi connectivity index (χ0) is 13.1. The fraction of sp³-hybridized carbons (Fsp3) is 0.294. The Morgan fingerprint density at radius 1 is 1.11 bits per heavy atom. The number of ether oxygens (including phenoxy) is 1. The van der Waals surface area contributed by atoms with E-state index in [-0.39, 0.29) is 0 Å². The molecule has 1 N–H and O–H groups in total. The van der Waals surface area contributed by atoms with Crippen molar-refractivity contribution in [1.82, 2.24) is 0 Å². The third-order valence-corrected chi connectivity index (χ3v) is 3.67. The average molecular weight is 253 g/mol. The summed E-state index contributed by atoms with van der Waals surface area (Å²) >= 11 is 0. The van der Waals surface area contributed by atoms with Crippen molar-refractivity contribution in [3.05, 3.63) is 59.7 Å². The molecule has 3 rings (SSSR count). The van der Waals surface area contributed by atoms with Crippen LogP contribution in [0, 0.1) is 0 Å². The maximum atomic E-state index is 5.68. The van der Waals surface area contributed by atoms with Gasteiger partial charge in [-0.3, -0.25) is 0 Å². The molecule has 0 bridgehead atoms. The van der Waals surface area contributed by atoms with Crippen LogP contribution < -0.4 is 10.1 Å². The minimum Gasteiger partial charge on any atom is -0.492 e. The molecule has 2 heteroatoms. The number of fused-ring (bicyclic) bond motifs is 1. The molecule has 1 aliphatic rings. The van der Waals surface area contributed by atoms with Crippen LogP contribution in [-0.2, 0) is 6.42 Å². The van der Waals surface area contributed by atoms with Crippen molar-refractivity contribution in [2.45, 2.75) is 19.3 Å². The van der Waals surface area contributed by atoms with Crippen molar-refractivity contribution in [3.63, 3.8) is 0 Å². The Bertz CT molecular complexity index is 550. The summed E-state index contributed by atoms with van der Waals surface area (Å²) in [5.41, 5.74) is 3.94. The highest BCUT2D eigenvalue weighted by Gasteiger charge is 2.21. The van der Waals surface area contributed by atoms with Crippen LogP contribution in [0.5, 0.6) is 5.75 Å². The molecule has 2 nitrogen and oxygen atoms in total. The quantitative estimate of drug-likeness (QED) is 0.897. The highest BCUT2D eigenvalue weighted by molar-refractivity contribution is 5.64. The summed E-state index contributed by atoms with van der Waals surface area (Å²) in [6, 6.07) is 17.0. The lowest BCUT2D eigenvalue weighted by Crippen LogP contribution is -2.22. The van der Waals surface area contributed by atoms with E-state index in [1.165, 1.54) is 16.8 Å². The van der Waals surface area contributed by atoms with Gasteiger partial charge in [0.1, 0.15) is 5.75 Å². The monoisotopic (exact) mass is 253 g/mol. The van der Waals surface area contributed by atoms with Gasteiger partial charge in [0.15, 0.2) is 0 Å². The molecule has 1 heterocycles. The standard InChI is InChI=1S/C17H19NO/c1-2-19-16-10-6-9-14-11-15(12-18-17(14)16)13-7-4-3-5-8-13/h3-10,15,18H,2,11-12H2,1H3. The van der Waals surface area contributed by atoms with E-state index in [1.807, 2.05) is 13.0 Å². The fourth-order valence-electron chi connectivity index (χ4n) is 2.75. The number of rotatable bonds is 3. The van der Waals surface area contributed by atoms with Gasteiger partial charge >= 0.3 is 0 Å². The zero-order valence-electron chi connectivity index (χ0n) is 11.2. The maximum absolute atomic E-state index is 5.68. The van der Waals surface area contributed by atoms with Crippen LogP contribution in [-0.4, -0.2) is 13.2 Å². The third kappa shape index (κ3) is 2.43. The fourth-order valence-corrected chi connectivity index (χ4v) is 2.75. The molecule has 0 aliphatic carbocycles. The van der Waals surface area contributed by atoms with Crippen LogP contribution in [0.4, 0.5) is 5.69 Å². The summed E-state index contributed by atoms with van der Waals surface area (Å²) in [5.74, 6) is 1.53. The predicted octanol–water partition coefficient (Wildman–Crippen LogP) is 3.84. The molecule has 0 aromatic heterocycles. The lowest BCUT2D eigenvalue weighted by molar-refractivity contribution is 0.341. The average Bonchev–Trinajstić information content (AvgIpc) is 2.48. The summed E-state index contributed by atoms with van der Waals surface area (Å²) in [6.45, 7) is 3.70. The van der Waals surface area contributed by atoms with Gasteiger partial charge in [0.25, 0.3) is 0 Å². The van der Waals surface area contributed by atoms with E-state index in [9.17, 15) is 0 Å². The Morgan fingerprint density at radius 3 is 2.74 bits per heavy atom. The lowest BCUT2D eigenvalue weighted by atomic mass is 9.88. The van der Waals surface area contributed by atoms with Crippen molar-refractivity contribution in [2.75, 3.05) is 18.5 Å². The molecule has 2 aromatic carbocycles. The van der Waals surface area contributed by atoms with Gasteiger partial charge < -0.3 is 10.1 Å². The first-order valence-electron chi connectivity index (χ1n) is 6.92. The third-order valence-electron chi connectivity index (χ3n) is 3.67. The van der Waals surface area contributed by atoms with Gasteiger partial charge in [-0.05, 0) is 30.5 Å². The van der Waals surface area contributed by atoms with Crippen LogP contribution in [0.2, 0.25) is 0 Å². The molecular formula is C17H19NO. The van der Waals surface area contributed by atoms with E-state index in [2.05, 4.69) is 47.8 Å². The van der Waals surface area contributed by atoms with Gasteiger partial charge in [-0.15, -0.1) is 0 Å². The lowest BCUT2D eigenvalue weighted by Gasteiger charge is -2.28. The first-order valence-corrected chi connectivity index (χ1v) is 6.92. The molecular weight excluding hydrogens is 234 g/mol. The van der Waals surface area contributed by atoms with E-state index in [1.54, 1.807) is 0 Å². The molecule has 2 aromatic rings. The van der Waals surface area contributed by atoms with Crippen molar-refractivity contribution >= 4 is 5.69 Å². The Labute approximate surface area is 114 Å². The Balaban J connectivity index is 1.87. The molecule has 0 saturated heterocycles. The second-order valence-electron chi connectivity index (χ2n) is 4.92. The molecule has 1 atom stereocenters. The predicted molar refractivity (Wildman–Crippen MR) is 79.0 cm³/mol. The van der Waals surface area contributed by atoms with Crippen LogP contribution in [0.25, 0.3) is 0 Å². The first kappa shape index (κ1) is 12.1. The Kier molecular flexibility index (Phi) is 3.41. The van der Waals surface area contributed by atoms with Crippen molar-refractivity contribution in [3.8, 4) is 5.75 Å². The molecule has 0 spiro atoms. The number of hydrogen-bond acceptors (Lipinski definition) is 2. The number of hydrogen-bond donors (Lipinski definition) is 1. The van der Waals surface area contributed by atoms with E-state index in [0.717, 1.165) is 18.7 Å². The number of benzene rings is 2. The summed E-state index contributed by atoms with van der Waals surface area (Å²) in [7, 11) is 0. The van der Waals surface area contributed by atoms with Crippen LogP contribution in [0.15, 0.2) is 48.5 Å². The minimum absolute atomic E-state index is 0.547. The van der Waals surface area contributed by atoms with Gasteiger partial charge in [-0.1, -0.05) is 42.5 Å². The van der Waals surface area contributed by atoms with Crippen molar-refractivity contribution < 1.29 is 4.74 Å². The largest absolute Gasteiger partial charge is 0.492 e.